The minimum absolute atomic E-state index is 0.0183. The van der Waals surface area contributed by atoms with Crippen LogP contribution in [0.3, 0.4) is 0 Å². The number of anilines is 1. The molecule has 6 nitrogen and oxygen atoms in total. The predicted octanol–water partition coefficient (Wildman–Crippen LogP) is 3.99. The average Bonchev–Trinajstić information content (AvgIpc) is 3.04. The first-order chi connectivity index (χ1) is 13.6. The molecular weight excluding hydrogens is 378 g/mol. The summed E-state index contributed by atoms with van der Waals surface area (Å²) in [6.45, 7) is 2.46. The van der Waals surface area contributed by atoms with Crippen LogP contribution in [0.15, 0.2) is 51.7 Å². The fraction of sp³-hybridized carbons (Fsp3) is 0.333. The van der Waals surface area contributed by atoms with Crippen LogP contribution in [0.1, 0.15) is 29.6 Å². The van der Waals surface area contributed by atoms with E-state index in [2.05, 4.69) is 5.32 Å². The molecular formula is C21H22ClN3O3. The Morgan fingerprint density at radius 1 is 1.11 bits per heavy atom. The zero-order valence-corrected chi connectivity index (χ0v) is 16.2. The lowest BCUT2D eigenvalue weighted by atomic mass is 10.1. The molecule has 7 heteroatoms. The van der Waals surface area contributed by atoms with Crippen LogP contribution < -0.4 is 11.1 Å². The lowest BCUT2D eigenvalue weighted by molar-refractivity contribution is 0.0725. The van der Waals surface area contributed by atoms with Crippen molar-refractivity contribution in [3.05, 3.63) is 63.6 Å². The number of carbonyl (C=O) groups excluding carboxylic acids is 1. The Morgan fingerprint density at radius 3 is 2.71 bits per heavy atom. The number of amides is 1. The normalized spacial score (nSPS) is 14.4. The summed E-state index contributed by atoms with van der Waals surface area (Å²) in [6, 6.07) is 12.6. The summed E-state index contributed by atoms with van der Waals surface area (Å²) in [5, 5.41) is 3.83. The van der Waals surface area contributed by atoms with Gasteiger partial charge in [0.1, 0.15) is 0 Å². The van der Waals surface area contributed by atoms with Gasteiger partial charge in [-0.25, -0.2) is 4.79 Å². The minimum Gasteiger partial charge on any atom is -0.408 e. The van der Waals surface area contributed by atoms with Gasteiger partial charge in [-0.15, -0.1) is 0 Å². The van der Waals surface area contributed by atoms with Gasteiger partial charge >= 0.3 is 5.76 Å². The second-order valence-corrected chi connectivity index (χ2v) is 7.39. The fourth-order valence-electron chi connectivity index (χ4n) is 3.64. The van der Waals surface area contributed by atoms with Crippen molar-refractivity contribution in [1.82, 2.24) is 9.47 Å². The Hall–Kier alpha value is -2.73. The number of likely N-dealkylation sites (tertiary alicyclic amines) is 1. The van der Waals surface area contributed by atoms with Gasteiger partial charge in [0.15, 0.2) is 5.58 Å². The molecule has 0 radical (unpaired) electrons. The van der Waals surface area contributed by atoms with Crippen LogP contribution in [-0.2, 0) is 6.54 Å². The smallest absolute Gasteiger partial charge is 0.408 e. The number of oxazole rings is 1. The standard InChI is InChI=1S/C21H22ClN3O3/c22-15-8-9-16(20(26)24-11-4-1-5-12-24)17(14-15)23-10-13-25-18-6-2-3-7-19(18)28-21(25)27/h2-3,6-9,14,23H,1,4-5,10-13H2. The molecule has 28 heavy (non-hydrogen) atoms. The molecule has 0 aliphatic carbocycles. The number of hydrogen-bond acceptors (Lipinski definition) is 4. The van der Waals surface area contributed by atoms with Gasteiger partial charge in [0.25, 0.3) is 5.91 Å². The SMILES string of the molecule is O=C(c1ccc(Cl)cc1NCCn1c(=O)oc2ccccc21)N1CCCCC1. The third kappa shape index (κ3) is 3.78. The lowest BCUT2D eigenvalue weighted by Crippen LogP contribution is -2.36. The van der Waals surface area contributed by atoms with Crippen molar-refractivity contribution in [3.8, 4) is 0 Å². The molecule has 1 amide bonds. The van der Waals surface area contributed by atoms with Crippen LogP contribution in [-0.4, -0.2) is 35.0 Å². The molecule has 3 aromatic rings. The quantitative estimate of drug-likeness (QED) is 0.704. The number of nitrogens with zero attached hydrogens (tertiary/aromatic N) is 2. The summed E-state index contributed by atoms with van der Waals surface area (Å²) >= 11 is 6.15. The Kier molecular flexibility index (Phi) is 5.39. The predicted molar refractivity (Wildman–Crippen MR) is 110 cm³/mol. The molecule has 0 spiro atoms. The summed E-state index contributed by atoms with van der Waals surface area (Å²) in [5.41, 5.74) is 2.61. The van der Waals surface area contributed by atoms with E-state index >= 15 is 0 Å². The third-order valence-corrected chi connectivity index (χ3v) is 5.31. The van der Waals surface area contributed by atoms with Gasteiger partial charge < -0.3 is 14.6 Å². The van der Waals surface area contributed by atoms with Crippen molar-refractivity contribution in [1.29, 1.82) is 0 Å². The molecule has 4 rings (SSSR count). The summed E-state index contributed by atoms with van der Waals surface area (Å²) in [7, 11) is 0. The lowest BCUT2D eigenvalue weighted by Gasteiger charge is -2.27. The van der Waals surface area contributed by atoms with Crippen LogP contribution >= 0.6 is 11.6 Å². The van der Waals surface area contributed by atoms with Crippen molar-refractivity contribution in [2.75, 3.05) is 25.0 Å². The Morgan fingerprint density at radius 2 is 1.89 bits per heavy atom. The van der Waals surface area contributed by atoms with E-state index in [1.54, 1.807) is 28.8 Å². The van der Waals surface area contributed by atoms with Gasteiger partial charge in [-0.3, -0.25) is 9.36 Å². The number of carbonyl (C=O) groups is 1. The maximum Gasteiger partial charge on any atom is 0.420 e. The van der Waals surface area contributed by atoms with E-state index in [1.807, 2.05) is 23.1 Å². The third-order valence-electron chi connectivity index (χ3n) is 5.08. The molecule has 2 heterocycles. The number of nitrogens with one attached hydrogen (secondary N) is 1. The first-order valence-corrected chi connectivity index (χ1v) is 9.92. The minimum atomic E-state index is -0.390. The molecule has 0 atom stereocenters. The number of rotatable bonds is 5. The Bertz CT molecular complexity index is 1050. The summed E-state index contributed by atoms with van der Waals surface area (Å²) in [5.74, 6) is -0.372. The second kappa shape index (κ2) is 8.10. The molecule has 0 saturated carbocycles. The monoisotopic (exact) mass is 399 g/mol. The largest absolute Gasteiger partial charge is 0.420 e. The first kappa shape index (κ1) is 18.6. The number of hydrogen-bond donors (Lipinski definition) is 1. The van der Waals surface area contributed by atoms with Crippen LogP contribution in [0.4, 0.5) is 5.69 Å². The Balaban J connectivity index is 1.51. The number of para-hydroxylation sites is 2. The van der Waals surface area contributed by atoms with Crippen molar-refractivity contribution in [2.24, 2.45) is 0 Å². The van der Waals surface area contributed by atoms with Gasteiger partial charge in [0.2, 0.25) is 0 Å². The van der Waals surface area contributed by atoms with E-state index in [0.29, 0.717) is 34.9 Å². The topological polar surface area (TPSA) is 67.5 Å². The highest BCUT2D eigenvalue weighted by molar-refractivity contribution is 6.31. The Labute approximate surface area is 167 Å². The number of fused-ring (bicyclic) bond motifs is 1. The first-order valence-electron chi connectivity index (χ1n) is 9.54. The summed E-state index contributed by atoms with van der Waals surface area (Å²) in [6.07, 6.45) is 3.25. The molecule has 1 N–H and O–H groups in total. The van der Waals surface area contributed by atoms with E-state index < -0.39 is 5.76 Å². The maximum absolute atomic E-state index is 12.9. The van der Waals surface area contributed by atoms with Gasteiger partial charge in [0, 0.05) is 36.9 Å². The number of piperidine rings is 1. The highest BCUT2D eigenvalue weighted by Gasteiger charge is 2.21. The second-order valence-electron chi connectivity index (χ2n) is 6.96. The van der Waals surface area contributed by atoms with Gasteiger partial charge in [-0.05, 0) is 49.6 Å². The molecule has 2 aromatic carbocycles. The molecule has 1 aliphatic heterocycles. The fourth-order valence-corrected chi connectivity index (χ4v) is 3.82. The van der Waals surface area contributed by atoms with Crippen molar-refractivity contribution >= 4 is 34.3 Å². The summed E-state index contributed by atoms with van der Waals surface area (Å²) < 4.78 is 6.84. The van der Waals surface area contributed by atoms with Crippen molar-refractivity contribution in [2.45, 2.75) is 25.8 Å². The van der Waals surface area contributed by atoms with Crippen LogP contribution in [0, 0.1) is 0 Å². The van der Waals surface area contributed by atoms with Gasteiger partial charge in [-0.2, -0.15) is 0 Å². The highest BCUT2D eigenvalue weighted by Crippen LogP contribution is 2.24. The molecule has 1 aromatic heterocycles. The van der Waals surface area contributed by atoms with E-state index in [9.17, 15) is 9.59 Å². The zero-order valence-electron chi connectivity index (χ0n) is 15.5. The summed E-state index contributed by atoms with van der Waals surface area (Å²) in [4.78, 5) is 26.9. The molecule has 146 valence electrons. The van der Waals surface area contributed by atoms with E-state index in [0.717, 1.165) is 31.4 Å². The van der Waals surface area contributed by atoms with Crippen LogP contribution in [0.5, 0.6) is 0 Å². The number of aromatic nitrogens is 1. The number of halogens is 1. The van der Waals surface area contributed by atoms with Gasteiger partial charge in [0.05, 0.1) is 11.1 Å². The molecule has 1 saturated heterocycles. The molecule has 0 unspecified atom stereocenters. The highest BCUT2D eigenvalue weighted by atomic mass is 35.5. The van der Waals surface area contributed by atoms with E-state index in [-0.39, 0.29) is 5.91 Å². The maximum atomic E-state index is 12.9. The van der Waals surface area contributed by atoms with Crippen LogP contribution in [0.2, 0.25) is 5.02 Å². The van der Waals surface area contributed by atoms with Crippen molar-refractivity contribution in [3.63, 3.8) is 0 Å². The molecule has 1 fully saturated rings. The van der Waals surface area contributed by atoms with Gasteiger partial charge in [-0.1, -0.05) is 23.7 Å². The molecule has 0 bridgehead atoms. The number of benzene rings is 2. The van der Waals surface area contributed by atoms with E-state index in [4.69, 9.17) is 16.0 Å². The zero-order chi connectivity index (χ0) is 19.5. The van der Waals surface area contributed by atoms with Crippen LogP contribution in [0.25, 0.3) is 11.1 Å². The average molecular weight is 400 g/mol. The molecule has 1 aliphatic rings. The van der Waals surface area contributed by atoms with E-state index in [1.165, 1.54) is 6.42 Å². The van der Waals surface area contributed by atoms with Crippen molar-refractivity contribution < 1.29 is 9.21 Å².